The second-order valence-corrected chi connectivity index (χ2v) is 6.32. The zero-order valence-corrected chi connectivity index (χ0v) is 14.6. The number of carbonyl (C=O) groups excluding carboxylic acids is 1. The average molecular weight is 315 g/mol. The van der Waals surface area contributed by atoms with Gasteiger partial charge in [0.2, 0.25) is 0 Å². The van der Waals surface area contributed by atoms with Gasteiger partial charge in [-0.2, -0.15) is 5.10 Å². The number of aromatic nitrogens is 4. The summed E-state index contributed by atoms with van der Waals surface area (Å²) in [6.07, 6.45) is 1.49. The Balaban J connectivity index is 1.93. The quantitative estimate of drug-likeness (QED) is 0.885. The molecule has 0 aliphatic rings. The highest BCUT2D eigenvalue weighted by Crippen LogP contribution is 2.09. The predicted molar refractivity (Wildman–Crippen MR) is 89.3 cm³/mol. The number of hydrogen-bond donors (Lipinski definition) is 1. The minimum Gasteiger partial charge on any atom is -0.350 e. The van der Waals surface area contributed by atoms with Crippen LogP contribution in [0.5, 0.6) is 0 Å². The SMILES string of the molecule is Cc1cc(C)nc(CCNC(=O)c2cc(CC(C)C)nn2C)n1. The summed E-state index contributed by atoms with van der Waals surface area (Å²) in [6, 6.07) is 3.80. The van der Waals surface area contributed by atoms with E-state index < -0.39 is 0 Å². The summed E-state index contributed by atoms with van der Waals surface area (Å²) in [5.41, 5.74) is 3.43. The molecular weight excluding hydrogens is 290 g/mol. The largest absolute Gasteiger partial charge is 0.350 e. The van der Waals surface area contributed by atoms with E-state index in [1.165, 1.54) is 0 Å². The number of hydrogen-bond acceptors (Lipinski definition) is 4. The van der Waals surface area contributed by atoms with Gasteiger partial charge in [0.05, 0.1) is 5.69 Å². The van der Waals surface area contributed by atoms with Gasteiger partial charge in [0.25, 0.3) is 5.91 Å². The molecule has 2 heterocycles. The standard InChI is InChI=1S/C17H25N5O/c1-11(2)8-14-10-15(22(5)21-14)17(23)18-7-6-16-19-12(3)9-13(4)20-16/h9-11H,6-8H2,1-5H3,(H,18,23). The first-order valence-corrected chi connectivity index (χ1v) is 7.97. The van der Waals surface area contributed by atoms with Crippen molar-refractivity contribution >= 4 is 5.91 Å². The molecule has 1 amide bonds. The number of amides is 1. The third-order valence-corrected chi connectivity index (χ3v) is 3.44. The molecule has 1 N–H and O–H groups in total. The lowest BCUT2D eigenvalue weighted by Gasteiger charge is -2.06. The lowest BCUT2D eigenvalue weighted by Crippen LogP contribution is -2.28. The van der Waals surface area contributed by atoms with E-state index in [9.17, 15) is 4.79 Å². The van der Waals surface area contributed by atoms with Crippen LogP contribution in [0.4, 0.5) is 0 Å². The monoisotopic (exact) mass is 315 g/mol. The van der Waals surface area contributed by atoms with Gasteiger partial charge in [0.15, 0.2) is 0 Å². The summed E-state index contributed by atoms with van der Waals surface area (Å²) >= 11 is 0. The smallest absolute Gasteiger partial charge is 0.269 e. The highest BCUT2D eigenvalue weighted by molar-refractivity contribution is 5.92. The van der Waals surface area contributed by atoms with Crippen molar-refractivity contribution < 1.29 is 4.79 Å². The molecule has 0 unspecified atom stereocenters. The topological polar surface area (TPSA) is 72.7 Å². The molecule has 2 aromatic rings. The van der Waals surface area contributed by atoms with Crippen molar-refractivity contribution in [2.45, 2.75) is 40.5 Å². The van der Waals surface area contributed by atoms with E-state index >= 15 is 0 Å². The van der Waals surface area contributed by atoms with Gasteiger partial charge in [0, 0.05) is 31.4 Å². The van der Waals surface area contributed by atoms with E-state index in [0.717, 1.165) is 29.3 Å². The van der Waals surface area contributed by atoms with Crippen LogP contribution in [0.3, 0.4) is 0 Å². The van der Waals surface area contributed by atoms with Crippen LogP contribution in [-0.4, -0.2) is 32.2 Å². The van der Waals surface area contributed by atoms with Crippen molar-refractivity contribution in [3.05, 3.63) is 40.7 Å². The fourth-order valence-corrected chi connectivity index (χ4v) is 2.55. The number of carbonyl (C=O) groups is 1. The molecule has 23 heavy (non-hydrogen) atoms. The van der Waals surface area contributed by atoms with Crippen LogP contribution in [-0.2, 0) is 19.9 Å². The predicted octanol–water partition coefficient (Wildman–Crippen LogP) is 2.00. The second kappa shape index (κ2) is 7.35. The molecule has 2 aromatic heterocycles. The van der Waals surface area contributed by atoms with Crippen LogP contribution >= 0.6 is 0 Å². The van der Waals surface area contributed by atoms with Crippen molar-refractivity contribution in [1.82, 2.24) is 25.1 Å². The first-order chi connectivity index (χ1) is 10.8. The summed E-state index contributed by atoms with van der Waals surface area (Å²) in [6.45, 7) is 8.67. The summed E-state index contributed by atoms with van der Waals surface area (Å²) in [5.74, 6) is 1.16. The average Bonchev–Trinajstić information content (AvgIpc) is 2.77. The van der Waals surface area contributed by atoms with Gasteiger partial charge in [-0.3, -0.25) is 9.48 Å². The number of aryl methyl sites for hydroxylation is 3. The van der Waals surface area contributed by atoms with Crippen molar-refractivity contribution in [3.63, 3.8) is 0 Å². The molecule has 124 valence electrons. The lowest BCUT2D eigenvalue weighted by molar-refractivity contribution is 0.0944. The van der Waals surface area contributed by atoms with Crippen molar-refractivity contribution in [2.75, 3.05) is 6.54 Å². The van der Waals surface area contributed by atoms with Gasteiger partial charge < -0.3 is 5.32 Å². The van der Waals surface area contributed by atoms with Crippen molar-refractivity contribution in [2.24, 2.45) is 13.0 Å². The van der Waals surface area contributed by atoms with Gasteiger partial charge in [-0.25, -0.2) is 9.97 Å². The molecule has 6 nitrogen and oxygen atoms in total. The van der Waals surface area contributed by atoms with Gasteiger partial charge in [-0.05, 0) is 38.3 Å². The van der Waals surface area contributed by atoms with E-state index in [2.05, 4.69) is 34.2 Å². The highest BCUT2D eigenvalue weighted by Gasteiger charge is 2.13. The Morgan fingerprint density at radius 1 is 1.22 bits per heavy atom. The Morgan fingerprint density at radius 3 is 2.48 bits per heavy atom. The first-order valence-electron chi connectivity index (χ1n) is 7.97. The molecule has 0 atom stereocenters. The molecule has 0 aliphatic carbocycles. The van der Waals surface area contributed by atoms with E-state index in [1.807, 2.05) is 26.0 Å². The molecule has 0 fully saturated rings. The molecule has 0 radical (unpaired) electrons. The van der Waals surface area contributed by atoms with Gasteiger partial charge >= 0.3 is 0 Å². The molecule has 0 spiro atoms. The van der Waals surface area contributed by atoms with Crippen LogP contribution < -0.4 is 5.32 Å². The molecule has 0 aromatic carbocycles. The molecule has 0 saturated heterocycles. The summed E-state index contributed by atoms with van der Waals surface area (Å²) < 4.78 is 1.64. The Hall–Kier alpha value is -2.24. The summed E-state index contributed by atoms with van der Waals surface area (Å²) in [5, 5.41) is 7.31. The third-order valence-electron chi connectivity index (χ3n) is 3.44. The van der Waals surface area contributed by atoms with E-state index in [4.69, 9.17) is 0 Å². The lowest BCUT2D eigenvalue weighted by atomic mass is 10.1. The minimum atomic E-state index is -0.112. The second-order valence-electron chi connectivity index (χ2n) is 6.32. The van der Waals surface area contributed by atoms with Crippen LogP contribution in [0.15, 0.2) is 12.1 Å². The molecule has 6 heteroatoms. The fourth-order valence-electron chi connectivity index (χ4n) is 2.55. The van der Waals surface area contributed by atoms with Crippen LogP contribution in [0, 0.1) is 19.8 Å². The van der Waals surface area contributed by atoms with Gasteiger partial charge in [0.1, 0.15) is 11.5 Å². The van der Waals surface area contributed by atoms with Gasteiger partial charge in [-0.1, -0.05) is 13.8 Å². The molecule has 0 aliphatic heterocycles. The van der Waals surface area contributed by atoms with E-state index in [1.54, 1.807) is 11.7 Å². The summed E-state index contributed by atoms with van der Waals surface area (Å²) in [4.78, 5) is 21.0. The molecule has 0 bridgehead atoms. The molecular formula is C17H25N5O. The van der Waals surface area contributed by atoms with E-state index in [0.29, 0.717) is 24.6 Å². The minimum absolute atomic E-state index is 0.112. The van der Waals surface area contributed by atoms with Crippen LogP contribution in [0.25, 0.3) is 0 Å². The molecule has 2 rings (SSSR count). The Bertz CT molecular complexity index is 670. The summed E-state index contributed by atoms with van der Waals surface area (Å²) in [7, 11) is 1.80. The number of nitrogens with one attached hydrogen (secondary N) is 1. The Kier molecular flexibility index (Phi) is 5.47. The number of nitrogens with zero attached hydrogens (tertiary/aromatic N) is 4. The van der Waals surface area contributed by atoms with Crippen LogP contribution in [0.2, 0.25) is 0 Å². The maximum atomic E-state index is 12.3. The van der Waals surface area contributed by atoms with Crippen molar-refractivity contribution in [3.8, 4) is 0 Å². The van der Waals surface area contributed by atoms with Crippen molar-refractivity contribution in [1.29, 1.82) is 0 Å². The third kappa shape index (κ3) is 4.87. The zero-order chi connectivity index (χ0) is 17.0. The van der Waals surface area contributed by atoms with E-state index in [-0.39, 0.29) is 5.91 Å². The normalized spacial score (nSPS) is 11.0. The maximum Gasteiger partial charge on any atom is 0.269 e. The first kappa shape index (κ1) is 17.1. The fraction of sp³-hybridized carbons (Fsp3) is 0.529. The Morgan fingerprint density at radius 2 is 1.87 bits per heavy atom. The maximum absolute atomic E-state index is 12.3. The highest BCUT2D eigenvalue weighted by atomic mass is 16.2. The van der Waals surface area contributed by atoms with Crippen LogP contribution in [0.1, 0.15) is 47.2 Å². The Labute approximate surface area is 137 Å². The zero-order valence-electron chi connectivity index (χ0n) is 14.6. The van der Waals surface area contributed by atoms with Gasteiger partial charge in [-0.15, -0.1) is 0 Å². The number of rotatable bonds is 6. The molecule has 0 saturated carbocycles.